The van der Waals surface area contributed by atoms with Crippen molar-refractivity contribution in [2.75, 3.05) is 0 Å². The number of aromatic nitrogens is 3. The maximum absolute atomic E-state index is 6.25. The normalized spacial score (nSPS) is 12.0. The van der Waals surface area contributed by atoms with Crippen LogP contribution in [0.5, 0.6) is 0 Å². The Labute approximate surface area is 199 Å². The highest BCUT2D eigenvalue weighted by Crippen LogP contribution is 2.36. The largest absolute Gasteiger partial charge is 0.434 e. The van der Waals surface area contributed by atoms with Gasteiger partial charge in [-0.05, 0) is 65.7 Å². The second kappa shape index (κ2) is 6.84. The number of fused-ring (bicyclic) bond motifs is 8. The summed E-state index contributed by atoms with van der Waals surface area (Å²) in [5.41, 5.74) is 9.40. The van der Waals surface area contributed by atoms with Gasteiger partial charge in [-0.15, -0.1) is 0 Å². The Bertz CT molecular complexity index is 2060. The SMILES string of the molecule is c1ccc(-c2nc3ccc4c5cc(-c6ccc7[nH]c8ccccc8c7c6)ccc5[nH]c4c3o2)cc1. The van der Waals surface area contributed by atoms with E-state index in [9.17, 15) is 0 Å². The Hall–Kier alpha value is -4.83. The first-order valence-corrected chi connectivity index (χ1v) is 11.7. The summed E-state index contributed by atoms with van der Waals surface area (Å²) >= 11 is 0. The van der Waals surface area contributed by atoms with Crippen molar-refractivity contribution in [2.45, 2.75) is 0 Å². The van der Waals surface area contributed by atoms with Crippen LogP contribution in [0.1, 0.15) is 0 Å². The summed E-state index contributed by atoms with van der Waals surface area (Å²) < 4.78 is 6.25. The molecule has 0 saturated heterocycles. The highest BCUT2D eigenvalue weighted by atomic mass is 16.3. The van der Waals surface area contributed by atoms with Gasteiger partial charge in [0.15, 0.2) is 5.58 Å². The van der Waals surface area contributed by atoms with Gasteiger partial charge in [0.25, 0.3) is 0 Å². The van der Waals surface area contributed by atoms with E-state index < -0.39 is 0 Å². The molecular weight excluding hydrogens is 430 g/mol. The predicted molar refractivity (Wildman–Crippen MR) is 144 cm³/mol. The minimum atomic E-state index is 0.638. The van der Waals surface area contributed by atoms with Gasteiger partial charge in [-0.3, -0.25) is 0 Å². The first kappa shape index (κ1) is 18.6. The van der Waals surface area contributed by atoms with E-state index >= 15 is 0 Å². The standard InChI is InChI=1S/C31H19N3O/c1-2-6-18(7-3-1)31-34-28-15-12-22-24-17-20(11-14-27(24)33-29(22)30(28)35-31)19-10-13-26-23(16-19)21-8-4-5-9-25(21)32-26/h1-17,32-33H. The third-order valence-corrected chi connectivity index (χ3v) is 6.99. The average Bonchev–Trinajstić information content (AvgIpc) is 3.61. The van der Waals surface area contributed by atoms with Crippen LogP contribution in [0.3, 0.4) is 0 Å². The number of rotatable bonds is 2. The minimum absolute atomic E-state index is 0.638. The van der Waals surface area contributed by atoms with E-state index in [1.165, 1.54) is 27.3 Å². The number of aromatic amines is 2. The highest BCUT2D eigenvalue weighted by molar-refractivity contribution is 6.16. The molecule has 0 aliphatic rings. The van der Waals surface area contributed by atoms with Crippen LogP contribution >= 0.6 is 0 Å². The third kappa shape index (κ3) is 2.71. The Morgan fingerprint density at radius 3 is 2.03 bits per heavy atom. The first-order chi connectivity index (χ1) is 17.3. The van der Waals surface area contributed by atoms with Crippen molar-refractivity contribution in [3.8, 4) is 22.6 Å². The van der Waals surface area contributed by atoms with Crippen LogP contribution in [-0.2, 0) is 0 Å². The van der Waals surface area contributed by atoms with Gasteiger partial charge in [-0.25, -0.2) is 4.98 Å². The molecule has 4 heteroatoms. The molecule has 2 N–H and O–H groups in total. The van der Waals surface area contributed by atoms with Crippen molar-refractivity contribution in [3.05, 3.63) is 103 Å². The second-order valence-electron chi connectivity index (χ2n) is 9.04. The van der Waals surface area contributed by atoms with Crippen molar-refractivity contribution < 1.29 is 4.42 Å². The third-order valence-electron chi connectivity index (χ3n) is 6.99. The molecule has 0 amide bonds. The zero-order valence-electron chi connectivity index (χ0n) is 18.7. The molecule has 0 fully saturated rings. The Morgan fingerprint density at radius 2 is 1.20 bits per heavy atom. The number of nitrogens with zero attached hydrogens (tertiary/aromatic N) is 1. The number of hydrogen-bond acceptors (Lipinski definition) is 2. The van der Waals surface area contributed by atoms with Crippen LogP contribution in [0, 0.1) is 0 Å². The highest BCUT2D eigenvalue weighted by Gasteiger charge is 2.15. The summed E-state index contributed by atoms with van der Waals surface area (Å²) in [6.45, 7) is 0. The van der Waals surface area contributed by atoms with E-state index in [0.29, 0.717) is 5.89 Å². The van der Waals surface area contributed by atoms with Crippen LogP contribution in [0.15, 0.2) is 108 Å². The molecule has 8 rings (SSSR count). The molecule has 0 aliphatic carbocycles. The Balaban J connectivity index is 1.31. The van der Waals surface area contributed by atoms with Gasteiger partial charge in [0.2, 0.25) is 5.89 Å². The monoisotopic (exact) mass is 449 g/mol. The predicted octanol–water partition coefficient (Wildman–Crippen LogP) is 8.43. The van der Waals surface area contributed by atoms with Crippen LogP contribution in [0.2, 0.25) is 0 Å². The quantitative estimate of drug-likeness (QED) is 0.278. The Morgan fingerprint density at radius 1 is 0.514 bits per heavy atom. The summed E-state index contributed by atoms with van der Waals surface area (Å²) in [5, 5.41) is 4.81. The van der Waals surface area contributed by atoms with Crippen LogP contribution < -0.4 is 0 Å². The number of oxazole rings is 1. The van der Waals surface area contributed by atoms with Crippen molar-refractivity contribution >= 4 is 54.7 Å². The second-order valence-corrected chi connectivity index (χ2v) is 9.04. The molecule has 0 saturated carbocycles. The van der Waals surface area contributed by atoms with Gasteiger partial charge >= 0.3 is 0 Å². The smallest absolute Gasteiger partial charge is 0.227 e. The lowest BCUT2D eigenvalue weighted by Gasteiger charge is -2.03. The molecule has 0 unspecified atom stereocenters. The number of hydrogen-bond donors (Lipinski definition) is 2. The number of H-pyrrole nitrogens is 2. The van der Waals surface area contributed by atoms with Crippen LogP contribution in [0.4, 0.5) is 0 Å². The molecule has 0 bridgehead atoms. The Kier molecular flexibility index (Phi) is 3.63. The molecule has 0 radical (unpaired) electrons. The molecule has 8 aromatic rings. The fourth-order valence-corrected chi connectivity index (χ4v) is 5.26. The van der Waals surface area contributed by atoms with Crippen molar-refractivity contribution in [1.29, 1.82) is 0 Å². The molecule has 0 aliphatic heterocycles. The van der Waals surface area contributed by atoms with Gasteiger partial charge in [0.1, 0.15) is 5.52 Å². The fraction of sp³-hybridized carbons (Fsp3) is 0. The van der Waals surface area contributed by atoms with Crippen molar-refractivity contribution in [2.24, 2.45) is 0 Å². The van der Waals surface area contributed by atoms with Crippen LogP contribution in [-0.4, -0.2) is 15.0 Å². The molecule has 5 aromatic carbocycles. The van der Waals surface area contributed by atoms with Crippen molar-refractivity contribution in [1.82, 2.24) is 15.0 Å². The number of nitrogens with one attached hydrogen (secondary N) is 2. The van der Waals surface area contributed by atoms with Gasteiger partial charge < -0.3 is 14.4 Å². The molecule has 0 spiro atoms. The van der Waals surface area contributed by atoms with Crippen LogP contribution in [0.25, 0.3) is 77.3 Å². The van der Waals surface area contributed by atoms with E-state index in [1.54, 1.807) is 0 Å². The summed E-state index contributed by atoms with van der Waals surface area (Å²) in [7, 11) is 0. The average molecular weight is 450 g/mol. The zero-order valence-corrected chi connectivity index (χ0v) is 18.7. The molecule has 3 heterocycles. The maximum Gasteiger partial charge on any atom is 0.227 e. The van der Waals surface area contributed by atoms with E-state index in [1.807, 2.05) is 36.4 Å². The number of benzene rings is 5. The zero-order chi connectivity index (χ0) is 22.9. The summed E-state index contributed by atoms with van der Waals surface area (Å²) in [4.78, 5) is 11.8. The fourth-order valence-electron chi connectivity index (χ4n) is 5.26. The van der Waals surface area contributed by atoms with E-state index in [2.05, 4.69) is 76.7 Å². The summed E-state index contributed by atoms with van der Waals surface area (Å²) in [6, 6.07) is 35.9. The van der Waals surface area contributed by atoms with Gasteiger partial charge in [-0.1, -0.05) is 48.5 Å². The maximum atomic E-state index is 6.25. The van der Waals surface area contributed by atoms with Crippen molar-refractivity contribution in [3.63, 3.8) is 0 Å². The van der Waals surface area contributed by atoms with Gasteiger partial charge in [-0.2, -0.15) is 0 Å². The summed E-state index contributed by atoms with van der Waals surface area (Å²) in [5.74, 6) is 0.638. The minimum Gasteiger partial charge on any atom is -0.434 e. The first-order valence-electron chi connectivity index (χ1n) is 11.7. The topological polar surface area (TPSA) is 57.6 Å². The van der Waals surface area contributed by atoms with Gasteiger partial charge in [0.05, 0.1) is 5.52 Å². The number of para-hydroxylation sites is 1. The van der Waals surface area contributed by atoms with E-state index in [4.69, 9.17) is 9.40 Å². The molecule has 0 atom stereocenters. The lowest BCUT2D eigenvalue weighted by molar-refractivity contribution is 0.622. The molecule has 164 valence electrons. The molecule has 3 aromatic heterocycles. The van der Waals surface area contributed by atoms with E-state index in [-0.39, 0.29) is 0 Å². The molecule has 35 heavy (non-hydrogen) atoms. The van der Waals surface area contributed by atoms with Gasteiger partial charge in [0, 0.05) is 43.7 Å². The lowest BCUT2D eigenvalue weighted by atomic mass is 10.0. The molecule has 4 nitrogen and oxygen atoms in total. The molecular formula is C31H19N3O. The van der Waals surface area contributed by atoms with E-state index in [0.717, 1.165) is 44.1 Å². The summed E-state index contributed by atoms with van der Waals surface area (Å²) in [6.07, 6.45) is 0. The lowest BCUT2D eigenvalue weighted by Crippen LogP contribution is -1.79.